The molecule has 2 rings (SSSR count). The van der Waals surface area contributed by atoms with Gasteiger partial charge in [-0.05, 0) is 38.4 Å². The molecule has 4 nitrogen and oxygen atoms in total. The zero-order valence-electron chi connectivity index (χ0n) is 9.18. The topological polar surface area (TPSA) is 54.9 Å². The Morgan fingerprint density at radius 3 is 2.88 bits per heavy atom. The van der Waals surface area contributed by atoms with Crippen LogP contribution in [-0.4, -0.2) is 32.7 Å². The summed E-state index contributed by atoms with van der Waals surface area (Å²) in [5, 5.41) is 11.8. The molecule has 0 spiro atoms. The number of rotatable bonds is 3. The first-order chi connectivity index (χ1) is 7.25. The summed E-state index contributed by atoms with van der Waals surface area (Å²) < 4.78 is 11.9. The van der Waals surface area contributed by atoms with Crippen LogP contribution in [0.15, 0.2) is 17.2 Å². The van der Waals surface area contributed by atoms with E-state index in [-0.39, 0.29) is 12.4 Å². The number of aromatic nitrogens is 2. The van der Waals surface area contributed by atoms with Crippen molar-refractivity contribution >= 4 is 23.2 Å². The van der Waals surface area contributed by atoms with E-state index in [4.69, 9.17) is 0 Å². The molecule has 0 aromatic carbocycles. The van der Waals surface area contributed by atoms with Crippen molar-refractivity contribution in [3.63, 3.8) is 0 Å². The Morgan fingerprint density at radius 2 is 2.31 bits per heavy atom. The van der Waals surface area contributed by atoms with E-state index in [0.717, 1.165) is 18.7 Å². The molecule has 1 aliphatic rings. The lowest BCUT2D eigenvalue weighted by Gasteiger charge is -2.08. The summed E-state index contributed by atoms with van der Waals surface area (Å²) in [6.45, 7) is 2.92. The minimum atomic E-state index is -1.02. The Balaban J connectivity index is 0.00000128. The Kier molecular flexibility index (Phi) is 5.31. The van der Waals surface area contributed by atoms with Crippen LogP contribution < -0.4 is 5.32 Å². The second-order valence-electron chi connectivity index (χ2n) is 3.82. The Labute approximate surface area is 104 Å². The van der Waals surface area contributed by atoms with Crippen molar-refractivity contribution in [2.75, 3.05) is 12.3 Å². The fourth-order valence-electron chi connectivity index (χ4n) is 1.68. The number of halogens is 1. The highest BCUT2D eigenvalue weighted by Crippen LogP contribution is 2.10. The summed E-state index contributed by atoms with van der Waals surface area (Å²) in [4.78, 5) is 0. The van der Waals surface area contributed by atoms with Crippen LogP contribution in [0.25, 0.3) is 0 Å². The highest BCUT2D eigenvalue weighted by atomic mass is 35.5. The number of hydrogen-bond donors (Lipinski definition) is 1. The van der Waals surface area contributed by atoms with Crippen LogP contribution >= 0.6 is 12.4 Å². The predicted octanol–water partition coefficient (Wildman–Crippen LogP) is 1.07. The maximum Gasteiger partial charge on any atom is 0.149 e. The van der Waals surface area contributed by atoms with Gasteiger partial charge in [0.1, 0.15) is 5.03 Å². The fourth-order valence-corrected chi connectivity index (χ4v) is 2.85. The second-order valence-corrected chi connectivity index (χ2v) is 5.26. The molecule has 1 saturated heterocycles. The average molecular weight is 262 g/mol. The van der Waals surface area contributed by atoms with Gasteiger partial charge in [-0.2, -0.15) is 5.10 Å². The zero-order valence-corrected chi connectivity index (χ0v) is 10.8. The normalized spacial score (nSPS) is 21.4. The third-order valence-corrected chi connectivity index (χ3v) is 3.91. The van der Waals surface area contributed by atoms with Crippen LogP contribution in [0.4, 0.5) is 0 Å². The van der Waals surface area contributed by atoms with Crippen molar-refractivity contribution in [3.05, 3.63) is 17.8 Å². The van der Waals surface area contributed by atoms with E-state index >= 15 is 0 Å². The first kappa shape index (κ1) is 13.5. The van der Waals surface area contributed by atoms with Gasteiger partial charge < -0.3 is 5.32 Å². The molecular formula is C10H16ClN3OS. The van der Waals surface area contributed by atoms with E-state index < -0.39 is 10.8 Å². The molecule has 1 aliphatic heterocycles. The van der Waals surface area contributed by atoms with E-state index in [1.807, 2.05) is 13.0 Å². The molecule has 16 heavy (non-hydrogen) atoms. The molecule has 0 bridgehead atoms. The summed E-state index contributed by atoms with van der Waals surface area (Å²) in [5.74, 6) is 0.651. The van der Waals surface area contributed by atoms with Crippen molar-refractivity contribution in [1.29, 1.82) is 0 Å². The van der Waals surface area contributed by atoms with E-state index in [9.17, 15) is 4.21 Å². The second kappa shape index (κ2) is 6.27. The number of aryl methyl sites for hydroxylation is 1. The third-order valence-electron chi connectivity index (χ3n) is 2.52. The van der Waals surface area contributed by atoms with Gasteiger partial charge in [0.25, 0.3) is 0 Å². The molecule has 2 heterocycles. The fraction of sp³-hybridized carbons (Fsp3) is 0.600. The van der Waals surface area contributed by atoms with E-state index in [2.05, 4.69) is 15.5 Å². The molecule has 0 saturated carbocycles. The van der Waals surface area contributed by atoms with Gasteiger partial charge in [-0.3, -0.25) is 4.21 Å². The lowest BCUT2D eigenvalue weighted by atomic mass is 10.3. The maximum absolute atomic E-state index is 11.9. The number of nitrogens with zero attached hydrogens (tertiary/aromatic N) is 2. The van der Waals surface area contributed by atoms with E-state index in [0.29, 0.717) is 16.8 Å². The first-order valence-electron chi connectivity index (χ1n) is 5.18. The van der Waals surface area contributed by atoms with Gasteiger partial charge in [-0.15, -0.1) is 17.5 Å². The van der Waals surface area contributed by atoms with Crippen LogP contribution in [0.2, 0.25) is 0 Å². The molecule has 0 aliphatic carbocycles. The monoisotopic (exact) mass is 261 g/mol. The Morgan fingerprint density at radius 1 is 1.50 bits per heavy atom. The molecule has 1 aromatic heterocycles. The van der Waals surface area contributed by atoms with Gasteiger partial charge in [0.2, 0.25) is 0 Å². The summed E-state index contributed by atoms with van der Waals surface area (Å²) >= 11 is 0. The highest BCUT2D eigenvalue weighted by molar-refractivity contribution is 7.85. The van der Waals surface area contributed by atoms with E-state index in [1.54, 1.807) is 6.07 Å². The van der Waals surface area contributed by atoms with Crippen molar-refractivity contribution in [1.82, 2.24) is 15.5 Å². The molecule has 0 radical (unpaired) electrons. The van der Waals surface area contributed by atoms with Crippen LogP contribution in [-0.2, 0) is 10.8 Å². The van der Waals surface area contributed by atoms with Gasteiger partial charge in [0.15, 0.2) is 0 Å². The lowest BCUT2D eigenvalue weighted by Crippen LogP contribution is -2.27. The summed E-state index contributed by atoms with van der Waals surface area (Å²) in [6.07, 6.45) is 2.30. The molecular weight excluding hydrogens is 246 g/mol. The average Bonchev–Trinajstić information content (AvgIpc) is 2.71. The summed E-state index contributed by atoms with van der Waals surface area (Å²) in [6, 6.07) is 4.03. The zero-order chi connectivity index (χ0) is 10.7. The van der Waals surface area contributed by atoms with Crippen LogP contribution in [0.3, 0.4) is 0 Å². The standard InChI is InChI=1S/C10H15N3OS.ClH/c1-8-4-5-10(13-12-8)15(14)7-9-3-2-6-11-9;/h4-5,9,11H,2-3,6-7H2,1H3;1H. The molecule has 0 amide bonds. The maximum atomic E-state index is 11.9. The quantitative estimate of drug-likeness (QED) is 0.884. The van der Waals surface area contributed by atoms with Crippen molar-refractivity contribution in [3.8, 4) is 0 Å². The van der Waals surface area contributed by atoms with Crippen molar-refractivity contribution in [2.24, 2.45) is 0 Å². The summed E-state index contributed by atoms with van der Waals surface area (Å²) in [7, 11) is -1.02. The Bertz CT molecular complexity index is 352. The first-order valence-corrected chi connectivity index (χ1v) is 6.50. The SMILES string of the molecule is Cc1ccc(S(=O)CC2CCCN2)nn1.Cl. The molecule has 90 valence electrons. The van der Waals surface area contributed by atoms with Crippen molar-refractivity contribution in [2.45, 2.75) is 30.8 Å². The van der Waals surface area contributed by atoms with E-state index in [1.165, 1.54) is 6.42 Å². The molecule has 2 atom stereocenters. The largest absolute Gasteiger partial charge is 0.313 e. The molecule has 2 unspecified atom stereocenters. The number of nitrogens with one attached hydrogen (secondary N) is 1. The Hall–Kier alpha value is -0.520. The van der Waals surface area contributed by atoms with Gasteiger partial charge >= 0.3 is 0 Å². The van der Waals surface area contributed by atoms with Gasteiger partial charge in [-0.25, -0.2) is 0 Å². The summed E-state index contributed by atoms with van der Waals surface area (Å²) in [5.41, 5.74) is 0.856. The lowest BCUT2D eigenvalue weighted by molar-refractivity contribution is 0.639. The molecule has 1 aromatic rings. The highest BCUT2D eigenvalue weighted by Gasteiger charge is 2.18. The van der Waals surface area contributed by atoms with Gasteiger partial charge in [0, 0.05) is 11.8 Å². The minimum absolute atomic E-state index is 0. The van der Waals surface area contributed by atoms with Crippen LogP contribution in [0.1, 0.15) is 18.5 Å². The van der Waals surface area contributed by atoms with Crippen LogP contribution in [0.5, 0.6) is 0 Å². The molecule has 1 fully saturated rings. The minimum Gasteiger partial charge on any atom is -0.313 e. The molecule has 6 heteroatoms. The smallest absolute Gasteiger partial charge is 0.149 e. The van der Waals surface area contributed by atoms with Crippen molar-refractivity contribution < 1.29 is 4.21 Å². The van der Waals surface area contributed by atoms with Crippen LogP contribution in [0, 0.1) is 6.92 Å². The number of hydrogen-bond acceptors (Lipinski definition) is 4. The van der Waals surface area contributed by atoms with Gasteiger partial charge in [0.05, 0.1) is 16.5 Å². The predicted molar refractivity (Wildman–Crippen MR) is 66.3 cm³/mol. The third kappa shape index (κ3) is 3.50. The molecule has 1 N–H and O–H groups in total. The van der Waals surface area contributed by atoms with Gasteiger partial charge in [-0.1, -0.05) is 0 Å².